The zero-order valence-corrected chi connectivity index (χ0v) is 15.8. The van der Waals surface area contributed by atoms with E-state index in [1.165, 1.54) is 64.2 Å². The number of Topliss-reactive ketones (excluding diaryl/α,β-unsaturated/α-hetero) is 1. The molecule has 1 saturated heterocycles. The minimum atomic E-state index is 0.321. The van der Waals surface area contributed by atoms with E-state index in [2.05, 4.69) is 6.92 Å². The first kappa shape index (κ1) is 17.1. The molecule has 0 aromatic carbocycles. The molecular weight excluding hydrogens is 296 g/mol. The minimum Gasteiger partial charge on any atom is -0.381 e. The Kier molecular flexibility index (Phi) is 4.79. The first-order valence-corrected chi connectivity index (χ1v) is 10.7. The first-order chi connectivity index (χ1) is 11.6. The molecule has 2 nitrogen and oxygen atoms in total. The predicted molar refractivity (Wildman–Crippen MR) is 96.7 cm³/mol. The molecule has 1 heterocycles. The Morgan fingerprint density at radius 1 is 0.875 bits per heavy atom. The van der Waals surface area contributed by atoms with Crippen molar-refractivity contribution in [1.29, 1.82) is 0 Å². The average Bonchev–Trinajstić information content (AvgIpc) is 2.96. The molecule has 3 saturated carbocycles. The average molecular weight is 333 g/mol. The lowest BCUT2D eigenvalue weighted by Gasteiger charge is -2.54. The van der Waals surface area contributed by atoms with Crippen molar-refractivity contribution in [1.82, 2.24) is 0 Å². The maximum absolute atomic E-state index is 12.2. The molecule has 4 aliphatic rings. The number of ketones is 1. The van der Waals surface area contributed by atoms with Crippen LogP contribution < -0.4 is 0 Å². The molecule has 24 heavy (non-hydrogen) atoms. The van der Waals surface area contributed by atoms with E-state index in [9.17, 15) is 4.79 Å². The fraction of sp³-hybridized carbons (Fsp3) is 0.955. The Morgan fingerprint density at radius 2 is 1.75 bits per heavy atom. The monoisotopic (exact) mass is 332 g/mol. The number of ether oxygens (including phenoxy) is 1. The first-order valence-electron chi connectivity index (χ1n) is 10.7. The van der Waals surface area contributed by atoms with E-state index in [0.29, 0.717) is 17.1 Å². The highest BCUT2D eigenvalue weighted by Gasteiger charge is 2.57. The maximum Gasteiger partial charge on any atom is 0.133 e. The van der Waals surface area contributed by atoms with Gasteiger partial charge >= 0.3 is 0 Å². The molecule has 0 N–H and O–H groups in total. The Bertz CT molecular complexity index is 473. The van der Waals surface area contributed by atoms with Crippen LogP contribution in [0.4, 0.5) is 0 Å². The van der Waals surface area contributed by atoms with Gasteiger partial charge in [0.05, 0.1) is 0 Å². The summed E-state index contributed by atoms with van der Waals surface area (Å²) in [6, 6.07) is 0. The van der Waals surface area contributed by atoms with E-state index in [1.54, 1.807) is 0 Å². The van der Waals surface area contributed by atoms with Gasteiger partial charge in [-0.05, 0) is 99.7 Å². The third-order valence-corrected chi connectivity index (χ3v) is 8.72. The van der Waals surface area contributed by atoms with Crippen LogP contribution >= 0.6 is 0 Å². The van der Waals surface area contributed by atoms with E-state index < -0.39 is 0 Å². The van der Waals surface area contributed by atoms with Crippen LogP contribution in [0.1, 0.15) is 78.1 Å². The third kappa shape index (κ3) is 2.77. The summed E-state index contributed by atoms with van der Waals surface area (Å²) in [7, 11) is 0. The third-order valence-electron chi connectivity index (χ3n) is 8.72. The van der Waals surface area contributed by atoms with Gasteiger partial charge in [0, 0.05) is 19.1 Å². The van der Waals surface area contributed by atoms with Crippen LogP contribution in [0.5, 0.6) is 0 Å². The van der Waals surface area contributed by atoms with Gasteiger partial charge in [-0.1, -0.05) is 13.3 Å². The molecule has 4 rings (SSSR count). The SMILES string of the molecule is CC(=O)[C@H]1CC[C@H]2[C@@H]3CC[C@H]4CCOCCCC[C@@H]4[C@H]3CC[C@]12C. The number of carbonyl (C=O) groups excluding carboxylic acids is 1. The Labute approximate surface area is 148 Å². The van der Waals surface area contributed by atoms with Gasteiger partial charge in [-0.15, -0.1) is 0 Å². The van der Waals surface area contributed by atoms with Crippen LogP contribution in [0.2, 0.25) is 0 Å². The van der Waals surface area contributed by atoms with Crippen LogP contribution in [0.15, 0.2) is 0 Å². The normalized spacial score (nSPS) is 49.1. The smallest absolute Gasteiger partial charge is 0.133 e. The summed E-state index contributed by atoms with van der Waals surface area (Å²) in [5.74, 6) is 5.38. The van der Waals surface area contributed by atoms with Crippen molar-refractivity contribution in [2.75, 3.05) is 13.2 Å². The second kappa shape index (κ2) is 6.74. The van der Waals surface area contributed by atoms with Crippen molar-refractivity contribution in [3.05, 3.63) is 0 Å². The van der Waals surface area contributed by atoms with E-state index in [0.717, 1.165) is 42.8 Å². The second-order valence-electron chi connectivity index (χ2n) is 9.62. The lowest BCUT2D eigenvalue weighted by molar-refractivity contribution is -0.127. The number of hydrogen-bond acceptors (Lipinski definition) is 2. The zero-order valence-electron chi connectivity index (χ0n) is 15.8. The highest BCUT2D eigenvalue weighted by Crippen LogP contribution is 2.63. The lowest BCUT2D eigenvalue weighted by atomic mass is 9.50. The quantitative estimate of drug-likeness (QED) is 0.655. The molecule has 7 atom stereocenters. The van der Waals surface area contributed by atoms with Crippen LogP contribution in [-0.4, -0.2) is 19.0 Å². The minimum absolute atomic E-state index is 0.321. The van der Waals surface area contributed by atoms with Crippen LogP contribution in [0, 0.1) is 40.9 Å². The summed E-state index contributed by atoms with van der Waals surface area (Å²) in [4.78, 5) is 12.2. The molecule has 0 aromatic heterocycles. The van der Waals surface area contributed by atoms with Gasteiger partial charge in [0.1, 0.15) is 5.78 Å². The van der Waals surface area contributed by atoms with E-state index in [1.807, 2.05) is 6.92 Å². The van der Waals surface area contributed by atoms with Crippen molar-refractivity contribution in [3.63, 3.8) is 0 Å². The summed E-state index contributed by atoms with van der Waals surface area (Å²) >= 11 is 0. The van der Waals surface area contributed by atoms with Crippen molar-refractivity contribution in [3.8, 4) is 0 Å². The van der Waals surface area contributed by atoms with Crippen LogP contribution in [0.25, 0.3) is 0 Å². The van der Waals surface area contributed by atoms with Gasteiger partial charge in [-0.25, -0.2) is 0 Å². The predicted octanol–water partition coefficient (Wildman–Crippen LogP) is 5.25. The van der Waals surface area contributed by atoms with E-state index >= 15 is 0 Å². The molecule has 0 amide bonds. The molecule has 0 bridgehead atoms. The topological polar surface area (TPSA) is 26.3 Å². The summed E-state index contributed by atoms with van der Waals surface area (Å²) in [5, 5.41) is 0. The van der Waals surface area contributed by atoms with Gasteiger partial charge in [0.25, 0.3) is 0 Å². The highest BCUT2D eigenvalue weighted by atomic mass is 16.5. The largest absolute Gasteiger partial charge is 0.381 e. The second-order valence-corrected chi connectivity index (χ2v) is 9.62. The Balaban J connectivity index is 1.55. The van der Waals surface area contributed by atoms with Crippen LogP contribution in [-0.2, 0) is 9.53 Å². The van der Waals surface area contributed by atoms with Gasteiger partial charge in [-0.3, -0.25) is 4.79 Å². The summed E-state index contributed by atoms with van der Waals surface area (Å²) < 4.78 is 5.83. The molecule has 0 radical (unpaired) electrons. The number of rotatable bonds is 1. The van der Waals surface area contributed by atoms with Gasteiger partial charge in [0.15, 0.2) is 0 Å². The zero-order chi connectivity index (χ0) is 16.7. The molecule has 1 aliphatic heterocycles. The maximum atomic E-state index is 12.2. The fourth-order valence-electron chi connectivity index (χ4n) is 7.63. The number of carbonyl (C=O) groups is 1. The van der Waals surface area contributed by atoms with Crippen molar-refractivity contribution in [2.24, 2.45) is 40.9 Å². The van der Waals surface area contributed by atoms with E-state index in [-0.39, 0.29) is 0 Å². The van der Waals surface area contributed by atoms with Crippen LogP contribution in [0.3, 0.4) is 0 Å². The van der Waals surface area contributed by atoms with Crippen molar-refractivity contribution in [2.45, 2.75) is 78.1 Å². The van der Waals surface area contributed by atoms with Gasteiger partial charge in [-0.2, -0.15) is 0 Å². The molecule has 2 heteroatoms. The molecular formula is C22H36O2. The fourth-order valence-corrected chi connectivity index (χ4v) is 7.63. The lowest BCUT2D eigenvalue weighted by Crippen LogP contribution is -2.48. The summed E-state index contributed by atoms with van der Waals surface area (Å²) in [5.41, 5.74) is 0.321. The molecule has 0 unspecified atom stereocenters. The molecule has 3 aliphatic carbocycles. The summed E-state index contributed by atoms with van der Waals surface area (Å²) in [6.07, 6.45) is 13.4. The molecule has 136 valence electrons. The van der Waals surface area contributed by atoms with E-state index in [4.69, 9.17) is 4.74 Å². The summed E-state index contributed by atoms with van der Waals surface area (Å²) in [6.45, 7) is 6.29. The number of fused-ring (bicyclic) bond motifs is 5. The van der Waals surface area contributed by atoms with Crippen molar-refractivity contribution < 1.29 is 9.53 Å². The Hall–Kier alpha value is -0.370. The Morgan fingerprint density at radius 3 is 2.58 bits per heavy atom. The van der Waals surface area contributed by atoms with Gasteiger partial charge in [0.2, 0.25) is 0 Å². The highest BCUT2D eigenvalue weighted by molar-refractivity contribution is 5.79. The standard InChI is InChI=1S/C22H36O2/c1-15(23)20-8-9-21-19-7-6-16-11-14-24-13-4-3-5-17(16)18(19)10-12-22(20,21)2/h16-21H,3-14H2,1-2H3/t16-,17-,18+,19+,20+,21-,22+/m0/s1. The van der Waals surface area contributed by atoms with Gasteiger partial charge < -0.3 is 4.74 Å². The molecule has 4 fully saturated rings. The molecule has 0 spiro atoms. The molecule has 0 aromatic rings. The number of hydrogen-bond donors (Lipinski definition) is 0. The van der Waals surface area contributed by atoms with Crippen molar-refractivity contribution >= 4 is 5.78 Å².